The van der Waals surface area contributed by atoms with Crippen LogP contribution in [0.4, 0.5) is 11.4 Å². The number of anilines is 2. The average molecular weight is 2130 g/mol. The molecular formula is C104H146N16O28S2. The van der Waals surface area contributed by atoms with E-state index in [9.17, 15) is 87.9 Å². The lowest BCUT2D eigenvalue weighted by Crippen LogP contribution is -2.84. The number of carboxylic acid groups (broad SMARTS) is 2. The SMILES string of the molecule is CC[C@]1(O)C[C@@H]2CC[C@](C)(c3cc4c(cc3OC)N(C)[C@@H]3[C@]45CCN4C=CC[C@@](CC)([C@@H](O)[C@]3(O)N(N)C(=O)C(=O)OCCSSCC(CC(=O)[C@H](CNC(=O)CCOCCOCCOCCOC)NC(=O)[C@H](C)CC(=O)[C@H](CNC(=O)CCOCCOCCOCCOC)NC(=O)[C@H](C)CC(=O)CC[C@H](NC(=O)c3ccc(NCc6cnc7nc(C)[nH]c(=O)c7n6)cc3)C(=O)O)C(=O)O)[C@H]45)c3[nH]c4ccccc4c3CCN(C2)C1. The Morgan fingerprint density at radius 1 is 0.680 bits per heavy atom. The molecule has 1 saturated carbocycles. The Balaban J connectivity index is 0.680. The largest absolute Gasteiger partial charge is 0.496 e. The fraction of sp³-hybridized carbons (Fsp3) is 0.615. The minimum Gasteiger partial charge on any atom is -0.496 e. The summed E-state index contributed by atoms with van der Waals surface area (Å²) in [7, 11) is 8.51. The number of rotatable bonds is 61. The summed E-state index contributed by atoms with van der Waals surface area (Å²) in [6.45, 7) is 14.9. The number of aliphatic hydroxyl groups is 3. The van der Waals surface area contributed by atoms with Crippen molar-refractivity contribution in [2.24, 2.45) is 34.9 Å². The number of aromatic amines is 2. The smallest absolute Gasteiger partial charge is 0.398 e. The number of likely N-dealkylation sites (N-methyl/N-ethyl adjacent to an activating group) is 1. The number of esters is 1. The normalized spacial score (nSPS) is 22.7. The molecule has 1 aliphatic carbocycles. The van der Waals surface area contributed by atoms with Gasteiger partial charge in [-0.25, -0.2) is 35.4 Å². The molecule has 2 saturated heterocycles. The van der Waals surface area contributed by atoms with Gasteiger partial charge in [0.25, 0.3) is 11.5 Å². The van der Waals surface area contributed by atoms with Crippen LogP contribution in [0.25, 0.3) is 22.1 Å². The third-order valence-electron chi connectivity index (χ3n) is 29.6. The first kappa shape index (κ1) is 117. The topological polar surface area (TPSA) is 597 Å². The van der Waals surface area contributed by atoms with Crippen molar-refractivity contribution in [1.29, 1.82) is 0 Å². The van der Waals surface area contributed by atoms with Gasteiger partial charge in [0.05, 0.1) is 136 Å². The third-order valence-corrected chi connectivity index (χ3v) is 32.0. The van der Waals surface area contributed by atoms with Crippen molar-refractivity contribution in [2.45, 2.75) is 203 Å². The summed E-state index contributed by atoms with van der Waals surface area (Å²) < 4.78 is 55.0. The summed E-state index contributed by atoms with van der Waals surface area (Å²) >= 11 is 0. The zero-order valence-electron chi connectivity index (χ0n) is 87.0. The first-order valence-electron chi connectivity index (χ1n) is 51.2. The first-order chi connectivity index (χ1) is 71.9. The summed E-state index contributed by atoms with van der Waals surface area (Å²) in [6.07, 6.45) is 5.00. The number of piperidine rings is 1. The van der Waals surface area contributed by atoms with Gasteiger partial charge in [-0.05, 0) is 131 Å². The lowest BCUT2D eigenvalue weighted by atomic mass is 9.48. The second-order valence-electron chi connectivity index (χ2n) is 39.7. The van der Waals surface area contributed by atoms with Crippen molar-refractivity contribution >= 4 is 126 Å². The highest BCUT2D eigenvalue weighted by molar-refractivity contribution is 8.76. The number of nitrogens with zero attached hydrogens (tertiary/aromatic N) is 7. The van der Waals surface area contributed by atoms with E-state index in [0.717, 1.165) is 68.8 Å². The fourth-order valence-electron chi connectivity index (χ4n) is 21.6. The molecule has 6 aliphatic rings. The van der Waals surface area contributed by atoms with E-state index in [1.807, 2.05) is 49.2 Å². The minimum atomic E-state index is -2.69. The van der Waals surface area contributed by atoms with Crippen molar-refractivity contribution in [3.63, 3.8) is 0 Å². The molecule has 1 spiro atoms. The molecule has 15 N–H and O–H groups in total. The number of hydrogen-bond donors (Lipinski definition) is 14. The van der Waals surface area contributed by atoms with Gasteiger partial charge in [-0.1, -0.05) is 73.6 Å². The molecule has 46 heteroatoms. The van der Waals surface area contributed by atoms with E-state index in [-0.39, 0.29) is 113 Å². The molecule has 44 nitrogen and oxygen atoms in total. The number of aliphatic carboxylic acids is 2. The number of Topliss-reactive ketones (excluding diaryl/α,β-unsaturated/α-hetero) is 3. The quantitative estimate of drug-likeness (QED) is 0.00371. The Labute approximate surface area is 878 Å². The Kier molecular flexibility index (Phi) is 42.9. The maximum absolute atomic E-state index is 14.9. The van der Waals surface area contributed by atoms with Crippen LogP contribution in [-0.4, -0.2) is 362 Å². The zero-order valence-corrected chi connectivity index (χ0v) is 88.6. The molecule has 3 fully saturated rings. The summed E-state index contributed by atoms with van der Waals surface area (Å²) in [5.74, 6) is -8.14. The molecular weight excluding hydrogens is 1990 g/mol. The Hall–Kier alpha value is -11.2. The van der Waals surface area contributed by atoms with E-state index >= 15 is 0 Å². The van der Waals surface area contributed by atoms with Crippen LogP contribution in [0.3, 0.4) is 0 Å². The molecule has 0 radical (unpaired) electrons. The van der Waals surface area contributed by atoms with Gasteiger partial charge in [0.1, 0.15) is 48.2 Å². The number of allylic oxidation sites excluding steroid dienone is 1. The number of methoxy groups -OCH3 is 3. The highest BCUT2D eigenvalue weighted by Gasteiger charge is 2.79. The van der Waals surface area contributed by atoms with E-state index in [0.29, 0.717) is 125 Å². The van der Waals surface area contributed by atoms with Crippen LogP contribution in [0, 0.1) is 36.0 Å². The number of ketones is 3. The Morgan fingerprint density at radius 2 is 1.29 bits per heavy atom. The molecule has 2 bridgehead atoms. The number of carboxylic acids is 2. The van der Waals surface area contributed by atoms with Crippen LogP contribution in [0.2, 0.25) is 0 Å². The second kappa shape index (κ2) is 54.9. The predicted molar refractivity (Wildman–Crippen MR) is 554 cm³/mol. The number of benzene rings is 3. The highest BCUT2D eigenvalue weighted by atomic mass is 33.1. The zero-order chi connectivity index (χ0) is 108. The van der Waals surface area contributed by atoms with Crippen LogP contribution in [0.1, 0.15) is 169 Å². The van der Waals surface area contributed by atoms with Gasteiger partial charge in [0.2, 0.25) is 29.4 Å². The number of amides is 6. The van der Waals surface area contributed by atoms with Crippen LogP contribution in [0.15, 0.2) is 83.9 Å². The number of para-hydroxylation sites is 1. The molecule has 5 aliphatic heterocycles. The molecule has 6 aromatic rings. The van der Waals surface area contributed by atoms with Crippen LogP contribution in [-0.2, 0) is 119 Å². The second-order valence-corrected chi connectivity index (χ2v) is 42.3. The van der Waals surface area contributed by atoms with Gasteiger partial charge >= 0.3 is 23.8 Å². The van der Waals surface area contributed by atoms with Gasteiger partial charge in [0.15, 0.2) is 22.7 Å². The molecule has 150 heavy (non-hydrogen) atoms. The number of hydrogen-bond acceptors (Lipinski definition) is 36. The number of hydrazine groups is 1. The van der Waals surface area contributed by atoms with Crippen molar-refractivity contribution in [3.8, 4) is 5.75 Å². The van der Waals surface area contributed by atoms with E-state index < -0.39 is 210 Å². The van der Waals surface area contributed by atoms with Gasteiger partial charge in [-0.2, -0.15) is 0 Å². The molecule has 16 atom stereocenters. The Bertz CT molecular complexity index is 5790. The number of aryl methyl sites for hydroxylation is 1. The molecule has 12 rings (SSSR count). The molecule has 822 valence electrons. The minimum absolute atomic E-state index is 0.0545. The Morgan fingerprint density at radius 3 is 1.90 bits per heavy atom. The number of nitrogens with one attached hydrogen (secondary N) is 8. The number of ether oxygens (including phenoxy) is 10. The van der Waals surface area contributed by atoms with Crippen molar-refractivity contribution in [1.82, 2.24) is 66.3 Å². The summed E-state index contributed by atoms with van der Waals surface area (Å²) in [4.78, 5) is 205. The number of fused-ring (bicyclic) bond motifs is 7. The molecule has 6 amide bonds. The van der Waals surface area contributed by atoms with Crippen molar-refractivity contribution in [2.75, 3.05) is 188 Å². The molecule has 8 heterocycles. The van der Waals surface area contributed by atoms with Crippen LogP contribution < -0.4 is 52.9 Å². The highest BCUT2D eigenvalue weighted by Crippen LogP contribution is 2.68. The summed E-state index contributed by atoms with van der Waals surface area (Å²) in [5, 5.41) is 77.6. The van der Waals surface area contributed by atoms with Crippen molar-refractivity contribution < 1.29 is 130 Å². The number of aromatic nitrogens is 5. The van der Waals surface area contributed by atoms with Gasteiger partial charge in [-0.15, -0.1) is 0 Å². The molecule has 2 unspecified atom stereocenters. The maximum atomic E-state index is 14.9. The van der Waals surface area contributed by atoms with Crippen molar-refractivity contribution in [3.05, 3.63) is 129 Å². The fourth-order valence-corrected chi connectivity index (χ4v) is 23.7. The summed E-state index contributed by atoms with van der Waals surface area (Å²) in [5.41, 5.74) is -0.0641. The van der Waals surface area contributed by atoms with E-state index in [4.69, 9.17) is 53.2 Å². The predicted octanol–water partition coefficient (Wildman–Crippen LogP) is 4.25. The van der Waals surface area contributed by atoms with Gasteiger partial charge in [0, 0.05) is 190 Å². The van der Waals surface area contributed by atoms with E-state index in [1.54, 1.807) is 47.4 Å². The van der Waals surface area contributed by atoms with Crippen LogP contribution in [0.5, 0.6) is 5.75 Å². The maximum Gasteiger partial charge on any atom is 0.398 e. The number of nitrogens with two attached hydrogens (primary N) is 1. The van der Waals surface area contributed by atoms with Gasteiger partial charge in [-0.3, -0.25) is 57.6 Å². The molecule has 3 aromatic carbocycles. The molecule has 3 aromatic heterocycles. The van der Waals surface area contributed by atoms with Crippen LogP contribution >= 0.6 is 21.6 Å². The number of aliphatic hydroxyl groups excluding tert-OH is 1. The third kappa shape index (κ3) is 28.8. The van der Waals surface area contributed by atoms with Gasteiger partial charge < -0.3 is 125 Å². The lowest BCUT2D eigenvalue weighted by molar-refractivity contribution is -0.269. The summed E-state index contributed by atoms with van der Waals surface area (Å²) in [6, 6.07) is 12.1. The number of H-pyrrole nitrogens is 2. The monoisotopic (exact) mass is 2130 g/mol. The lowest BCUT2D eigenvalue weighted by Gasteiger charge is -2.65. The average Bonchev–Trinajstić information content (AvgIpc) is 1.47. The standard InChI is InChI=1S/C104H146N16O28S2/c1-11-101(137)55-66-24-29-100(6,87-73(25-32-118(60-66)62-101)72-16-13-14-17-76(72)113-87)75-53-74-80(54-83(75)141-10)117(7)98-103(74)30-33-119-31-15-28-102(12-2,97(103)119)99(136)104(98,138)120(105)93(130)96(135)148-48-49-149-150-61-68(94(131)132)52-82(123)79(59-108-85(125)27-35-143-41-43-147-47-45-145-39-37-140-9)116-90(127)64(4)51-81(122)78(58-107-84(124)26-34-142-40-42-146-46-44-144-38-36-139-8)115-89(126)63(3)50-71(121)22-23-77(95(133)134)114-91(128)67-18-20-69(21-19-67)106-56-70-57-109-88-86(112-70)92(129)111-65(5)110-88/h13-21,31,53-54,57,63-64,66,68,77-79,97-99,106,113,136-138H,11-12,22-30,32-52,55-56,58-62,105H2,1-10H3,(H,107,124)(H,108,125)(H,114,128)(H,115,126)(H,116,127)(H,131,132)(H,133,134)(H,109,110,111,129)/t63-,64-,66+,68?,77+,78+,79+,97+,98-,99-,100-,101+,102-,103-,104+/m1/s1. The first-order valence-corrected chi connectivity index (χ1v) is 53.7. The van der Waals surface area contributed by atoms with E-state index in [2.05, 4.69) is 91.7 Å². The number of carbonyl (C=O) groups excluding carboxylic acids is 10. The number of carbonyl (C=O) groups is 12. The van der Waals surface area contributed by atoms with E-state index in [1.165, 1.54) is 37.7 Å².